The van der Waals surface area contributed by atoms with Crippen LogP contribution in [0.3, 0.4) is 0 Å². The van der Waals surface area contributed by atoms with Gasteiger partial charge in [-0.1, -0.05) is 0 Å². The van der Waals surface area contributed by atoms with E-state index in [0.29, 0.717) is 0 Å². The molecule has 2 N–H and O–H groups in total. The van der Waals surface area contributed by atoms with Gasteiger partial charge in [-0.15, -0.1) is 0 Å². The fourth-order valence-corrected chi connectivity index (χ4v) is 1.70. The Labute approximate surface area is 114 Å². The molecule has 4 nitrogen and oxygen atoms in total. The largest absolute Gasteiger partial charge is 0.497 e. The minimum Gasteiger partial charge on any atom is -0.497 e. The molecule has 2 aromatic rings. The molecule has 0 atom stereocenters. The molecular formula is C15H21N3O. The van der Waals surface area contributed by atoms with Gasteiger partial charge in [0.25, 0.3) is 0 Å². The Balaban J connectivity index is 2.07. The van der Waals surface area contributed by atoms with Gasteiger partial charge in [0.2, 0.25) is 0 Å². The summed E-state index contributed by atoms with van der Waals surface area (Å²) >= 11 is 0. The molecule has 0 spiro atoms. The number of hydrogen-bond donors (Lipinski definition) is 2. The summed E-state index contributed by atoms with van der Waals surface area (Å²) < 4.78 is 5.15. The predicted molar refractivity (Wildman–Crippen MR) is 77.2 cm³/mol. The van der Waals surface area contributed by atoms with Gasteiger partial charge in [0.15, 0.2) is 0 Å². The van der Waals surface area contributed by atoms with Crippen LogP contribution in [0.4, 0.5) is 0 Å². The first kappa shape index (κ1) is 13.6. The number of imidazole rings is 1. The molecule has 0 saturated heterocycles. The van der Waals surface area contributed by atoms with Crippen molar-refractivity contribution in [2.75, 3.05) is 7.11 Å². The van der Waals surface area contributed by atoms with Gasteiger partial charge in [-0.05, 0) is 45.0 Å². The zero-order valence-corrected chi connectivity index (χ0v) is 11.9. The van der Waals surface area contributed by atoms with E-state index in [1.54, 1.807) is 7.11 Å². The molecule has 0 bridgehead atoms. The Hall–Kier alpha value is -1.81. The summed E-state index contributed by atoms with van der Waals surface area (Å²) in [4.78, 5) is 7.73. The zero-order valence-electron chi connectivity index (χ0n) is 11.9. The van der Waals surface area contributed by atoms with E-state index in [0.717, 1.165) is 29.4 Å². The molecule has 19 heavy (non-hydrogen) atoms. The molecule has 0 fully saturated rings. The monoisotopic (exact) mass is 259 g/mol. The number of nitrogens with zero attached hydrogens (tertiary/aromatic N) is 1. The second-order valence-electron chi connectivity index (χ2n) is 5.59. The second-order valence-corrected chi connectivity index (χ2v) is 5.59. The SMILES string of the molecule is COc1ccc(-c2ncc(CNC(C)(C)C)[nH]2)cc1. The number of aromatic nitrogens is 2. The number of hydrogen-bond acceptors (Lipinski definition) is 3. The van der Waals surface area contributed by atoms with E-state index in [1.807, 2.05) is 30.5 Å². The Morgan fingerprint density at radius 3 is 2.47 bits per heavy atom. The van der Waals surface area contributed by atoms with Crippen LogP contribution in [-0.2, 0) is 6.54 Å². The van der Waals surface area contributed by atoms with Gasteiger partial charge in [0, 0.05) is 29.5 Å². The molecule has 0 radical (unpaired) electrons. The predicted octanol–water partition coefficient (Wildman–Crippen LogP) is 2.97. The van der Waals surface area contributed by atoms with Gasteiger partial charge in [-0.3, -0.25) is 0 Å². The maximum absolute atomic E-state index is 5.15. The lowest BCUT2D eigenvalue weighted by molar-refractivity contribution is 0.415. The van der Waals surface area contributed by atoms with E-state index in [4.69, 9.17) is 4.74 Å². The molecular weight excluding hydrogens is 238 g/mol. The molecule has 0 aliphatic carbocycles. The van der Waals surface area contributed by atoms with Gasteiger partial charge in [0.05, 0.1) is 7.11 Å². The van der Waals surface area contributed by atoms with E-state index >= 15 is 0 Å². The topological polar surface area (TPSA) is 49.9 Å². The molecule has 1 heterocycles. The highest BCUT2D eigenvalue weighted by Gasteiger charge is 2.10. The summed E-state index contributed by atoms with van der Waals surface area (Å²) in [5.41, 5.74) is 2.24. The van der Waals surface area contributed by atoms with Crippen LogP contribution < -0.4 is 10.1 Å². The third-order valence-corrected chi connectivity index (χ3v) is 2.80. The maximum atomic E-state index is 5.15. The van der Waals surface area contributed by atoms with E-state index in [-0.39, 0.29) is 5.54 Å². The highest BCUT2D eigenvalue weighted by atomic mass is 16.5. The first-order chi connectivity index (χ1) is 8.98. The number of rotatable bonds is 4. The molecule has 0 unspecified atom stereocenters. The smallest absolute Gasteiger partial charge is 0.137 e. The molecule has 0 amide bonds. The molecule has 0 saturated carbocycles. The van der Waals surface area contributed by atoms with Crippen molar-refractivity contribution in [1.82, 2.24) is 15.3 Å². The van der Waals surface area contributed by atoms with Crippen LogP contribution in [0.2, 0.25) is 0 Å². The van der Waals surface area contributed by atoms with Crippen LogP contribution in [0.5, 0.6) is 5.75 Å². The minimum atomic E-state index is 0.103. The van der Waals surface area contributed by atoms with Crippen molar-refractivity contribution in [2.45, 2.75) is 32.9 Å². The van der Waals surface area contributed by atoms with Crippen molar-refractivity contribution in [1.29, 1.82) is 0 Å². The Kier molecular flexibility index (Phi) is 3.90. The lowest BCUT2D eigenvalue weighted by Gasteiger charge is -2.19. The van der Waals surface area contributed by atoms with Crippen LogP contribution in [-0.4, -0.2) is 22.6 Å². The molecule has 1 aromatic heterocycles. The molecule has 0 aliphatic rings. The zero-order chi connectivity index (χ0) is 13.9. The van der Waals surface area contributed by atoms with Gasteiger partial charge in [0.1, 0.15) is 11.6 Å². The maximum Gasteiger partial charge on any atom is 0.137 e. The highest BCUT2D eigenvalue weighted by Crippen LogP contribution is 2.19. The quantitative estimate of drug-likeness (QED) is 0.887. The van der Waals surface area contributed by atoms with Crippen LogP contribution in [0, 0.1) is 0 Å². The van der Waals surface area contributed by atoms with Gasteiger partial charge < -0.3 is 15.0 Å². The van der Waals surface area contributed by atoms with Crippen molar-refractivity contribution in [2.24, 2.45) is 0 Å². The van der Waals surface area contributed by atoms with Crippen molar-refractivity contribution in [3.63, 3.8) is 0 Å². The first-order valence-corrected chi connectivity index (χ1v) is 6.41. The number of ether oxygens (including phenoxy) is 1. The molecule has 102 valence electrons. The number of H-pyrrole nitrogens is 1. The second kappa shape index (κ2) is 5.45. The number of aromatic amines is 1. The average molecular weight is 259 g/mol. The van der Waals surface area contributed by atoms with Crippen LogP contribution in [0.15, 0.2) is 30.5 Å². The van der Waals surface area contributed by atoms with Crippen molar-refractivity contribution in [3.05, 3.63) is 36.2 Å². The lowest BCUT2D eigenvalue weighted by Crippen LogP contribution is -2.35. The third-order valence-electron chi connectivity index (χ3n) is 2.80. The number of nitrogens with one attached hydrogen (secondary N) is 2. The number of methoxy groups -OCH3 is 1. The highest BCUT2D eigenvalue weighted by molar-refractivity contribution is 5.56. The van der Waals surface area contributed by atoms with Gasteiger partial charge >= 0.3 is 0 Å². The van der Waals surface area contributed by atoms with Crippen LogP contribution in [0.1, 0.15) is 26.5 Å². The van der Waals surface area contributed by atoms with Gasteiger partial charge in [-0.2, -0.15) is 0 Å². The Morgan fingerprint density at radius 1 is 1.21 bits per heavy atom. The van der Waals surface area contributed by atoms with Crippen molar-refractivity contribution < 1.29 is 4.74 Å². The summed E-state index contributed by atoms with van der Waals surface area (Å²) in [6.45, 7) is 7.22. The summed E-state index contributed by atoms with van der Waals surface area (Å²) in [5, 5.41) is 3.43. The normalized spacial score (nSPS) is 11.6. The Bertz CT molecular complexity index is 523. The summed E-state index contributed by atoms with van der Waals surface area (Å²) in [6, 6.07) is 7.87. The first-order valence-electron chi connectivity index (χ1n) is 6.41. The fraction of sp³-hybridized carbons (Fsp3) is 0.400. The molecule has 0 aliphatic heterocycles. The molecule has 4 heteroatoms. The summed E-state index contributed by atoms with van der Waals surface area (Å²) in [5.74, 6) is 1.73. The summed E-state index contributed by atoms with van der Waals surface area (Å²) in [7, 11) is 1.66. The fourth-order valence-electron chi connectivity index (χ4n) is 1.70. The molecule has 1 aromatic carbocycles. The molecule has 2 rings (SSSR count). The Morgan fingerprint density at radius 2 is 1.89 bits per heavy atom. The van der Waals surface area contributed by atoms with E-state index in [1.165, 1.54) is 0 Å². The van der Waals surface area contributed by atoms with Crippen molar-refractivity contribution >= 4 is 0 Å². The number of benzene rings is 1. The van der Waals surface area contributed by atoms with E-state index < -0.39 is 0 Å². The van der Waals surface area contributed by atoms with E-state index in [9.17, 15) is 0 Å². The third kappa shape index (κ3) is 3.83. The lowest BCUT2D eigenvalue weighted by atomic mass is 10.1. The van der Waals surface area contributed by atoms with E-state index in [2.05, 4.69) is 36.1 Å². The van der Waals surface area contributed by atoms with Crippen LogP contribution in [0.25, 0.3) is 11.4 Å². The van der Waals surface area contributed by atoms with Gasteiger partial charge in [-0.25, -0.2) is 4.98 Å². The van der Waals surface area contributed by atoms with Crippen molar-refractivity contribution in [3.8, 4) is 17.1 Å². The minimum absolute atomic E-state index is 0.103. The summed E-state index contributed by atoms with van der Waals surface area (Å²) in [6.07, 6.45) is 1.87. The standard InChI is InChI=1S/C15H21N3O/c1-15(2,3)17-10-12-9-16-14(18-12)11-5-7-13(19-4)8-6-11/h5-9,17H,10H2,1-4H3,(H,16,18). The average Bonchev–Trinajstić information content (AvgIpc) is 2.84. The van der Waals surface area contributed by atoms with Crippen LogP contribution >= 0.6 is 0 Å².